The highest BCUT2D eigenvalue weighted by Gasteiger charge is 2.15. The zero-order chi connectivity index (χ0) is 15.6. The summed E-state index contributed by atoms with van der Waals surface area (Å²) in [5.41, 5.74) is 6.22. The monoisotopic (exact) mass is 302 g/mol. The number of carbonyl (C=O) groups is 1. The Bertz CT molecular complexity index is 849. The van der Waals surface area contributed by atoms with Crippen LogP contribution in [0.3, 0.4) is 0 Å². The van der Waals surface area contributed by atoms with Crippen LogP contribution < -0.4 is 0 Å². The summed E-state index contributed by atoms with van der Waals surface area (Å²) in [5.74, 6) is 0. The molecule has 3 aromatic rings. The first-order valence-electron chi connectivity index (χ1n) is 8.07. The SMILES string of the molecule is O=Cc1cn(-c2ccccc2)nc1-c1ccc2c(c1)CCCC2. The molecule has 2 aromatic carbocycles. The van der Waals surface area contributed by atoms with Gasteiger partial charge in [-0.3, -0.25) is 4.79 Å². The molecule has 3 nitrogen and oxygen atoms in total. The summed E-state index contributed by atoms with van der Waals surface area (Å²) in [6.45, 7) is 0. The van der Waals surface area contributed by atoms with Crippen LogP contribution >= 0.6 is 0 Å². The second kappa shape index (κ2) is 5.84. The zero-order valence-electron chi connectivity index (χ0n) is 12.9. The van der Waals surface area contributed by atoms with Gasteiger partial charge in [-0.15, -0.1) is 0 Å². The van der Waals surface area contributed by atoms with E-state index in [1.807, 2.05) is 30.3 Å². The second-order valence-corrected chi connectivity index (χ2v) is 6.02. The maximum atomic E-state index is 11.5. The molecule has 3 heteroatoms. The van der Waals surface area contributed by atoms with Crippen molar-refractivity contribution in [1.29, 1.82) is 0 Å². The van der Waals surface area contributed by atoms with Gasteiger partial charge in [0.15, 0.2) is 6.29 Å². The average molecular weight is 302 g/mol. The molecule has 0 fully saturated rings. The highest BCUT2D eigenvalue weighted by molar-refractivity contribution is 5.85. The minimum atomic E-state index is 0.629. The summed E-state index contributed by atoms with van der Waals surface area (Å²) < 4.78 is 1.78. The molecular formula is C20H18N2O. The van der Waals surface area contributed by atoms with Crippen LogP contribution in [0.2, 0.25) is 0 Å². The molecule has 114 valence electrons. The number of aldehydes is 1. The van der Waals surface area contributed by atoms with Gasteiger partial charge in [-0.1, -0.05) is 30.3 Å². The molecule has 1 aromatic heterocycles. The fourth-order valence-corrected chi connectivity index (χ4v) is 3.29. The molecule has 0 unspecified atom stereocenters. The van der Waals surface area contributed by atoms with E-state index in [4.69, 9.17) is 0 Å². The first-order chi connectivity index (χ1) is 11.3. The van der Waals surface area contributed by atoms with E-state index in [-0.39, 0.29) is 0 Å². The lowest BCUT2D eigenvalue weighted by Gasteiger charge is -2.16. The molecule has 0 aliphatic heterocycles. The number of fused-ring (bicyclic) bond motifs is 1. The van der Waals surface area contributed by atoms with Crippen molar-refractivity contribution in [2.24, 2.45) is 0 Å². The number of carbonyl (C=O) groups excluding carboxylic acids is 1. The molecule has 0 amide bonds. The third-order valence-electron chi connectivity index (χ3n) is 4.51. The molecular weight excluding hydrogens is 284 g/mol. The Hall–Kier alpha value is -2.68. The second-order valence-electron chi connectivity index (χ2n) is 6.02. The summed E-state index contributed by atoms with van der Waals surface area (Å²) in [5, 5.41) is 4.66. The number of rotatable bonds is 3. The third-order valence-corrected chi connectivity index (χ3v) is 4.51. The zero-order valence-corrected chi connectivity index (χ0v) is 12.9. The van der Waals surface area contributed by atoms with Gasteiger partial charge in [-0.05, 0) is 55.0 Å². The lowest BCUT2D eigenvalue weighted by Crippen LogP contribution is -2.02. The third kappa shape index (κ3) is 2.59. The predicted molar refractivity (Wildman–Crippen MR) is 91.0 cm³/mol. The van der Waals surface area contributed by atoms with Crippen molar-refractivity contribution >= 4 is 6.29 Å². The summed E-state index contributed by atoms with van der Waals surface area (Å²) in [4.78, 5) is 11.5. The Morgan fingerprint density at radius 3 is 2.52 bits per heavy atom. The highest BCUT2D eigenvalue weighted by atomic mass is 16.1. The standard InChI is InChI=1S/C20H18N2O/c23-14-18-13-22(19-8-2-1-3-9-19)21-20(18)17-11-10-15-6-4-5-7-16(15)12-17/h1-3,8-14H,4-7H2. The lowest BCUT2D eigenvalue weighted by atomic mass is 9.89. The Labute approximate surface area is 135 Å². The van der Waals surface area contributed by atoms with Gasteiger partial charge in [-0.2, -0.15) is 5.10 Å². The van der Waals surface area contributed by atoms with Crippen LogP contribution in [0.4, 0.5) is 0 Å². The quantitative estimate of drug-likeness (QED) is 0.679. The number of para-hydroxylation sites is 1. The van der Waals surface area contributed by atoms with Crippen molar-refractivity contribution in [2.45, 2.75) is 25.7 Å². The van der Waals surface area contributed by atoms with Gasteiger partial charge in [0, 0.05) is 11.8 Å². The van der Waals surface area contributed by atoms with Gasteiger partial charge >= 0.3 is 0 Å². The molecule has 0 atom stereocenters. The fourth-order valence-electron chi connectivity index (χ4n) is 3.29. The van der Waals surface area contributed by atoms with E-state index < -0.39 is 0 Å². The number of aryl methyl sites for hydroxylation is 2. The Balaban J connectivity index is 1.79. The van der Waals surface area contributed by atoms with Crippen molar-refractivity contribution in [2.75, 3.05) is 0 Å². The largest absolute Gasteiger partial charge is 0.298 e. The molecule has 1 heterocycles. The molecule has 1 aliphatic carbocycles. The van der Waals surface area contributed by atoms with Crippen LogP contribution in [0.15, 0.2) is 54.7 Å². The van der Waals surface area contributed by atoms with E-state index in [9.17, 15) is 4.79 Å². The molecule has 0 saturated heterocycles. The highest BCUT2D eigenvalue weighted by Crippen LogP contribution is 2.28. The van der Waals surface area contributed by atoms with Crippen LogP contribution in [-0.2, 0) is 12.8 Å². The fraction of sp³-hybridized carbons (Fsp3) is 0.200. The summed E-state index contributed by atoms with van der Waals surface area (Å²) >= 11 is 0. The summed E-state index contributed by atoms with van der Waals surface area (Å²) in [7, 11) is 0. The van der Waals surface area contributed by atoms with Crippen molar-refractivity contribution in [1.82, 2.24) is 9.78 Å². The van der Waals surface area contributed by atoms with Crippen LogP contribution in [0, 0.1) is 0 Å². The van der Waals surface area contributed by atoms with Crippen molar-refractivity contribution in [3.05, 3.63) is 71.4 Å². The van der Waals surface area contributed by atoms with Gasteiger partial charge in [0.05, 0.1) is 11.3 Å². The van der Waals surface area contributed by atoms with Crippen LogP contribution in [-0.4, -0.2) is 16.1 Å². The Morgan fingerprint density at radius 1 is 0.957 bits per heavy atom. The Morgan fingerprint density at radius 2 is 1.74 bits per heavy atom. The van der Waals surface area contributed by atoms with Gasteiger partial charge in [-0.25, -0.2) is 4.68 Å². The number of nitrogens with zero attached hydrogens (tertiary/aromatic N) is 2. The molecule has 0 saturated carbocycles. The number of aromatic nitrogens is 2. The molecule has 23 heavy (non-hydrogen) atoms. The molecule has 0 bridgehead atoms. The van der Waals surface area contributed by atoms with E-state index in [0.29, 0.717) is 5.56 Å². The average Bonchev–Trinajstić information content (AvgIpc) is 3.06. The van der Waals surface area contributed by atoms with Crippen LogP contribution in [0.25, 0.3) is 16.9 Å². The number of hydrogen-bond acceptors (Lipinski definition) is 2. The maximum Gasteiger partial charge on any atom is 0.153 e. The molecule has 4 rings (SSSR count). The first-order valence-corrected chi connectivity index (χ1v) is 8.07. The Kier molecular flexibility index (Phi) is 3.54. The van der Waals surface area contributed by atoms with Crippen LogP contribution in [0.1, 0.15) is 34.3 Å². The minimum absolute atomic E-state index is 0.629. The van der Waals surface area contributed by atoms with Crippen molar-refractivity contribution < 1.29 is 4.79 Å². The normalized spacial score (nSPS) is 13.6. The van der Waals surface area contributed by atoms with Gasteiger partial charge in [0.25, 0.3) is 0 Å². The minimum Gasteiger partial charge on any atom is -0.298 e. The van der Waals surface area contributed by atoms with Gasteiger partial charge in [0.2, 0.25) is 0 Å². The number of benzene rings is 2. The van der Waals surface area contributed by atoms with Gasteiger partial charge < -0.3 is 0 Å². The maximum absolute atomic E-state index is 11.5. The smallest absolute Gasteiger partial charge is 0.153 e. The molecule has 0 spiro atoms. The lowest BCUT2D eigenvalue weighted by molar-refractivity contribution is 0.112. The van der Waals surface area contributed by atoms with Gasteiger partial charge in [0.1, 0.15) is 5.69 Å². The van der Waals surface area contributed by atoms with Crippen molar-refractivity contribution in [3.63, 3.8) is 0 Å². The predicted octanol–water partition coefficient (Wildman–Crippen LogP) is 4.23. The molecule has 0 N–H and O–H groups in total. The van der Waals surface area contributed by atoms with E-state index in [1.54, 1.807) is 10.9 Å². The van der Waals surface area contributed by atoms with E-state index in [0.717, 1.165) is 36.1 Å². The topological polar surface area (TPSA) is 34.9 Å². The molecule has 1 aliphatic rings. The summed E-state index contributed by atoms with van der Waals surface area (Å²) in [6, 6.07) is 16.4. The van der Waals surface area contributed by atoms with E-state index in [2.05, 4.69) is 23.3 Å². The van der Waals surface area contributed by atoms with Crippen molar-refractivity contribution in [3.8, 4) is 16.9 Å². The number of hydrogen-bond donors (Lipinski definition) is 0. The molecule has 0 radical (unpaired) electrons. The van der Waals surface area contributed by atoms with E-state index >= 15 is 0 Å². The summed E-state index contributed by atoms with van der Waals surface area (Å²) in [6.07, 6.45) is 7.50. The van der Waals surface area contributed by atoms with Crippen LogP contribution in [0.5, 0.6) is 0 Å². The van der Waals surface area contributed by atoms with E-state index in [1.165, 1.54) is 24.0 Å². The first kappa shape index (κ1) is 13.9.